The number of nitrogens with zero attached hydrogens (tertiary/aromatic N) is 4. The second kappa shape index (κ2) is 8.70. The fraction of sp³-hybridized carbons (Fsp3) is 0.409. The van der Waals surface area contributed by atoms with Crippen LogP contribution in [0.2, 0.25) is 0 Å². The number of aromatic amines is 1. The van der Waals surface area contributed by atoms with Crippen LogP contribution in [0.1, 0.15) is 40.9 Å². The molecular weight excluding hydrogens is 428 g/mol. The van der Waals surface area contributed by atoms with Gasteiger partial charge in [0.1, 0.15) is 5.82 Å². The van der Waals surface area contributed by atoms with E-state index in [1.54, 1.807) is 10.3 Å². The number of carbonyl (C=O) groups excluding carboxylic acids is 1. The molecule has 166 valence electrons. The molecule has 9 nitrogen and oxygen atoms in total. The second-order valence-electron chi connectivity index (χ2n) is 8.45. The van der Waals surface area contributed by atoms with E-state index < -0.39 is 5.69 Å². The van der Waals surface area contributed by atoms with E-state index in [0.717, 1.165) is 49.3 Å². The SMILES string of the molecule is O=C(c1csnn1)N1CCCC(Cn2c(=O)cc(Nc3ccc4c(c3)CCC4)[nH]c2=O)C1. The number of amides is 1. The molecule has 1 aromatic carbocycles. The standard InChI is InChI=1S/C22H24N6O3S/c29-20-10-19(23-17-7-6-15-4-1-5-16(15)9-17)24-22(31)28(20)12-14-3-2-8-27(11-14)21(30)18-13-32-26-25-18/h6-7,9-10,13-14,23H,1-5,8,11-12H2,(H,24,31). The summed E-state index contributed by atoms with van der Waals surface area (Å²) < 4.78 is 4.97. The smallest absolute Gasteiger partial charge is 0.329 e. The Balaban J connectivity index is 1.29. The van der Waals surface area contributed by atoms with E-state index in [0.29, 0.717) is 24.6 Å². The first kappa shape index (κ1) is 20.6. The van der Waals surface area contributed by atoms with Crippen molar-refractivity contribution in [2.24, 2.45) is 5.92 Å². The molecule has 0 bridgehead atoms. The first-order valence-corrected chi connectivity index (χ1v) is 11.7. The van der Waals surface area contributed by atoms with Gasteiger partial charge in [-0.2, -0.15) is 0 Å². The average Bonchev–Trinajstić information content (AvgIpc) is 3.48. The maximum atomic E-state index is 12.7. The van der Waals surface area contributed by atoms with Crippen molar-refractivity contribution in [3.8, 4) is 0 Å². The minimum absolute atomic E-state index is 0.0219. The molecule has 1 unspecified atom stereocenters. The van der Waals surface area contributed by atoms with Crippen LogP contribution < -0.4 is 16.6 Å². The Morgan fingerprint density at radius 1 is 1.19 bits per heavy atom. The lowest BCUT2D eigenvalue weighted by molar-refractivity contribution is 0.0655. The van der Waals surface area contributed by atoms with Crippen LogP contribution in [0.25, 0.3) is 0 Å². The number of hydrogen-bond donors (Lipinski definition) is 2. The van der Waals surface area contributed by atoms with Gasteiger partial charge >= 0.3 is 5.69 Å². The van der Waals surface area contributed by atoms with Gasteiger partial charge in [-0.05, 0) is 72.8 Å². The third-order valence-corrected chi connectivity index (χ3v) is 6.73. The van der Waals surface area contributed by atoms with Crippen molar-refractivity contribution in [2.75, 3.05) is 18.4 Å². The number of hydrogen-bond acceptors (Lipinski definition) is 7. The number of H-pyrrole nitrogens is 1. The summed E-state index contributed by atoms with van der Waals surface area (Å²) in [6.07, 6.45) is 4.99. The zero-order chi connectivity index (χ0) is 22.1. The van der Waals surface area contributed by atoms with Gasteiger partial charge in [-0.25, -0.2) is 4.79 Å². The summed E-state index contributed by atoms with van der Waals surface area (Å²) in [6, 6.07) is 7.57. The average molecular weight is 453 g/mol. The van der Waals surface area contributed by atoms with Crippen molar-refractivity contribution in [3.05, 3.63) is 67.3 Å². The topological polar surface area (TPSA) is 113 Å². The Bertz CT molecular complexity index is 1220. The van der Waals surface area contributed by atoms with Crippen LogP contribution in [-0.2, 0) is 19.4 Å². The highest BCUT2D eigenvalue weighted by molar-refractivity contribution is 7.03. The number of anilines is 2. The Morgan fingerprint density at radius 2 is 2.06 bits per heavy atom. The molecule has 0 spiro atoms. The van der Waals surface area contributed by atoms with Crippen LogP contribution in [0.5, 0.6) is 0 Å². The molecule has 1 aliphatic carbocycles. The van der Waals surface area contributed by atoms with Gasteiger partial charge in [0.2, 0.25) is 0 Å². The monoisotopic (exact) mass is 452 g/mol. The number of rotatable bonds is 5. The Morgan fingerprint density at radius 3 is 2.88 bits per heavy atom. The molecule has 0 radical (unpaired) electrons. The van der Waals surface area contributed by atoms with Crippen LogP contribution in [0.3, 0.4) is 0 Å². The summed E-state index contributed by atoms with van der Waals surface area (Å²) in [4.78, 5) is 42.5. The zero-order valence-electron chi connectivity index (χ0n) is 17.5. The van der Waals surface area contributed by atoms with Gasteiger partial charge in [-0.15, -0.1) is 5.10 Å². The number of fused-ring (bicyclic) bond motifs is 1. The lowest BCUT2D eigenvalue weighted by atomic mass is 9.97. The van der Waals surface area contributed by atoms with E-state index in [1.165, 1.54) is 21.8 Å². The van der Waals surface area contributed by atoms with Crippen molar-refractivity contribution in [3.63, 3.8) is 0 Å². The van der Waals surface area contributed by atoms with E-state index in [9.17, 15) is 14.4 Å². The Labute approximate surface area is 188 Å². The fourth-order valence-electron chi connectivity index (χ4n) is 4.64. The van der Waals surface area contributed by atoms with Crippen molar-refractivity contribution in [1.82, 2.24) is 24.0 Å². The maximum Gasteiger partial charge on any atom is 0.329 e. The highest BCUT2D eigenvalue weighted by atomic mass is 32.1. The first-order valence-electron chi connectivity index (χ1n) is 10.9. The van der Waals surface area contributed by atoms with Crippen molar-refractivity contribution < 1.29 is 4.79 Å². The molecule has 32 heavy (non-hydrogen) atoms. The van der Waals surface area contributed by atoms with Crippen LogP contribution in [0, 0.1) is 5.92 Å². The predicted octanol–water partition coefficient (Wildman–Crippen LogP) is 2.17. The van der Waals surface area contributed by atoms with Gasteiger partial charge < -0.3 is 10.2 Å². The normalized spacial score (nSPS) is 17.9. The molecule has 3 heterocycles. The largest absolute Gasteiger partial charge is 0.342 e. The third kappa shape index (κ3) is 4.22. The molecule has 1 amide bonds. The van der Waals surface area contributed by atoms with E-state index in [-0.39, 0.29) is 23.9 Å². The van der Waals surface area contributed by atoms with Gasteiger partial charge in [-0.3, -0.25) is 19.1 Å². The van der Waals surface area contributed by atoms with Crippen LogP contribution in [0.15, 0.2) is 39.2 Å². The number of piperidine rings is 1. The summed E-state index contributed by atoms with van der Waals surface area (Å²) in [7, 11) is 0. The lowest BCUT2D eigenvalue weighted by Crippen LogP contribution is -2.44. The summed E-state index contributed by atoms with van der Waals surface area (Å²) in [5, 5.41) is 8.63. The molecule has 5 rings (SSSR count). The van der Waals surface area contributed by atoms with Gasteiger partial charge in [0.25, 0.3) is 11.5 Å². The number of carbonyl (C=O) groups is 1. The van der Waals surface area contributed by atoms with Crippen molar-refractivity contribution >= 4 is 28.9 Å². The third-order valence-electron chi connectivity index (χ3n) is 6.22. The molecule has 3 aromatic rings. The van der Waals surface area contributed by atoms with Gasteiger partial charge in [-0.1, -0.05) is 10.6 Å². The van der Waals surface area contributed by atoms with Crippen LogP contribution >= 0.6 is 11.5 Å². The Hall–Kier alpha value is -3.27. The van der Waals surface area contributed by atoms with Crippen molar-refractivity contribution in [2.45, 2.75) is 38.6 Å². The second-order valence-corrected chi connectivity index (χ2v) is 9.06. The Kier molecular flexibility index (Phi) is 5.60. The summed E-state index contributed by atoms with van der Waals surface area (Å²) in [5.74, 6) is 0.248. The predicted molar refractivity (Wildman–Crippen MR) is 122 cm³/mol. The van der Waals surface area contributed by atoms with Gasteiger partial charge in [0, 0.05) is 36.8 Å². The number of benzene rings is 1. The molecule has 1 fully saturated rings. The molecular formula is C22H24N6O3S. The lowest BCUT2D eigenvalue weighted by Gasteiger charge is -2.32. The molecule has 2 N–H and O–H groups in total. The quantitative estimate of drug-likeness (QED) is 0.614. The van der Waals surface area contributed by atoms with E-state index in [2.05, 4.69) is 32.0 Å². The number of aryl methyl sites for hydroxylation is 2. The first-order chi connectivity index (χ1) is 15.6. The minimum atomic E-state index is -0.451. The van der Waals surface area contributed by atoms with Crippen LogP contribution in [0.4, 0.5) is 11.5 Å². The van der Waals surface area contributed by atoms with Crippen LogP contribution in [-0.4, -0.2) is 43.0 Å². The van der Waals surface area contributed by atoms with Gasteiger partial charge in [0.05, 0.1) is 0 Å². The van der Waals surface area contributed by atoms with E-state index in [1.807, 2.05) is 6.07 Å². The molecule has 1 saturated heterocycles. The number of nitrogens with one attached hydrogen (secondary N) is 2. The molecule has 2 aliphatic rings. The highest BCUT2D eigenvalue weighted by Gasteiger charge is 2.26. The van der Waals surface area contributed by atoms with E-state index >= 15 is 0 Å². The minimum Gasteiger partial charge on any atom is -0.342 e. The molecule has 1 aliphatic heterocycles. The summed E-state index contributed by atoms with van der Waals surface area (Å²) in [5.41, 5.74) is 3.07. The van der Waals surface area contributed by atoms with E-state index in [4.69, 9.17) is 0 Å². The highest BCUT2D eigenvalue weighted by Crippen LogP contribution is 2.26. The summed E-state index contributed by atoms with van der Waals surface area (Å²) in [6.45, 7) is 1.39. The maximum absolute atomic E-state index is 12.7. The zero-order valence-corrected chi connectivity index (χ0v) is 18.4. The van der Waals surface area contributed by atoms with Gasteiger partial charge in [0.15, 0.2) is 5.69 Å². The number of likely N-dealkylation sites (tertiary alicyclic amines) is 1. The number of aromatic nitrogens is 4. The fourth-order valence-corrected chi connectivity index (χ4v) is 5.07. The van der Waals surface area contributed by atoms with Crippen molar-refractivity contribution in [1.29, 1.82) is 0 Å². The molecule has 1 atom stereocenters. The molecule has 10 heteroatoms. The molecule has 2 aromatic heterocycles. The molecule has 0 saturated carbocycles. The summed E-state index contributed by atoms with van der Waals surface area (Å²) >= 11 is 1.14.